The Kier molecular flexibility index (Phi) is 4.86. The van der Waals surface area contributed by atoms with Crippen molar-refractivity contribution >= 4 is 5.91 Å². The first-order valence-electron chi connectivity index (χ1n) is 7.93. The van der Waals surface area contributed by atoms with Gasteiger partial charge in [0.2, 0.25) is 0 Å². The molecule has 0 unspecified atom stereocenters. The number of carbonyl (C=O) groups is 1. The van der Waals surface area contributed by atoms with Crippen molar-refractivity contribution in [3.05, 3.63) is 71.8 Å². The summed E-state index contributed by atoms with van der Waals surface area (Å²) < 4.78 is 0. The zero-order valence-electron chi connectivity index (χ0n) is 12.7. The summed E-state index contributed by atoms with van der Waals surface area (Å²) in [6.07, 6.45) is 2.10. The van der Waals surface area contributed by atoms with Crippen molar-refractivity contribution in [3.63, 3.8) is 0 Å². The molecule has 0 aliphatic carbocycles. The Balaban J connectivity index is 1.45. The van der Waals surface area contributed by atoms with E-state index in [2.05, 4.69) is 40.5 Å². The van der Waals surface area contributed by atoms with Crippen molar-refractivity contribution in [2.45, 2.75) is 18.9 Å². The molecule has 0 spiro atoms. The monoisotopic (exact) mass is 294 g/mol. The van der Waals surface area contributed by atoms with Gasteiger partial charge in [-0.1, -0.05) is 48.5 Å². The lowest BCUT2D eigenvalue weighted by molar-refractivity contribution is 0.0938. The Morgan fingerprint density at radius 2 is 1.73 bits per heavy atom. The summed E-state index contributed by atoms with van der Waals surface area (Å²) >= 11 is 0. The van der Waals surface area contributed by atoms with Crippen molar-refractivity contribution in [1.82, 2.24) is 10.2 Å². The molecule has 1 saturated heterocycles. The molecule has 1 aliphatic heterocycles. The fourth-order valence-electron chi connectivity index (χ4n) is 2.94. The van der Waals surface area contributed by atoms with E-state index in [9.17, 15) is 4.79 Å². The van der Waals surface area contributed by atoms with E-state index in [1.54, 1.807) is 0 Å². The summed E-state index contributed by atoms with van der Waals surface area (Å²) in [5, 5.41) is 3.14. The highest BCUT2D eigenvalue weighted by Gasteiger charge is 2.23. The number of nitrogens with zero attached hydrogens (tertiary/aromatic N) is 1. The Hall–Kier alpha value is -2.13. The van der Waals surface area contributed by atoms with Gasteiger partial charge in [-0.2, -0.15) is 0 Å². The molecule has 0 saturated carbocycles. The van der Waals surface area contributed by atoms with Gasteiger partial charge in [0, 0.05) is 31.2 Å². The van der Waals surface area contributed by atoms with Gasteiger partial charge in [-0.15, -0.1) is 0 Å². The van der Waals surface area contributed by atoms with Gasteiger partial charge in [0.05, 0.1) is 0 Å². The lowest BCUT2D eigenvalue weighted by Gasteiger charge is -2.16. The van der Waals surface area contributed by atoms with Gasteiger partial charge in [0.1, 0.15) is 0 Å². The predicted molar refractivity (Wildman–Crippen MR) is 88.9 cm³/mol. The molecular formula is C19H22N2O. The van der Waals surface area contributed by atoms with Crippen LogP contribution in [0.15, 0.2) is 60.7 Å². The number of likely N-dealkylation sites (tertiary alicyclic amines) is 1. The van der Waals surface area contributed by atoms with Crippen LogP contribution in [-0.4, -0.2) is 36.5 Å². The molecule has 1 amide bonds. The molecule has 3 nitrogen and oxygen atoms in total. The van der Waals surface area contributed by atoms with Crippen molar-refractivity contribution in [1.29, 1.82) is 0 Å². The van der Waals surface area contributed by atoms with Crippen molar-refractivity contribution in [2.24, 2.45) is 0 Å². The van der Waals surface area contributed by atoms with E-state index < -0.39 is 0 Å². The predicted octanol–water partition coefficient (Wildman–Crippen LogP) is 2.73. The van der Waals surface area contributed by atoms with E-state index in [1.807, 2.05) is 30.3 Å². The molecule has 3 rings (SSSR count). The zero-order valence-corrected chi connectivity index (χ0v) is 12.7. The van der Waals surface area contributed by atoms with E-state index >= 15 is 0 Å². The molecule has 3 heteroatoms. The number of amides is 1. The second kappa shape index (κ2) is 7.23. The molecule has 1 atom stereocenters. The smallest absolute Gasteiger partial charge is 0.251 e. The summed E-state index contributed by atoms with van der Waals surface area (Å²) in [6.45, 7) is 3.07. The van der Waals surface area contributed by atoms with Crippen LogP contribution in [0.1, 0.15) is 22.3 Å². The van der Waals surface area contributed by atoms with Crippen LogP contribution in [0.2, 0.25) is 0 Å². The fourth-order valence-corrected chi connectivity index (χ4v) is 2.94. The molecular weight excluding hydrogens is 272 g/mol. The number of carbonyl (C=O) groups excluding carboxylic acids is 1. The van der Waals surface area contributed by atoms with Gasteiger partial charge in [-0.3, -0.25) is 4.79 Å². The van der Waals surface area contributed by atoms with Gasteiger partial charge in [0.15, 0.2) is 0 Å². The third-order valence-corrected chi connectivity index (χ3v) is 4.20. The minimum Gasteiger partial charge on any atom is -0.348 e. The third-order valence-electron chi connectivity index (χ3n) is 4.20. The Morgan fingerprint density at radius 1 is 1.05 bits per heavy atom. The Bertz CT molecular complexity index is 597. The first kappa shape index (κ1) is 14.8. The highest BCUT2D eigenvalue weighted by molar-refractivity contribution is 5.94. The van der Waals surface area contributed by atoms with Crippen molar-refractivity contribution in [2.75, 3.05) is 19.6 Å². The van der Waals surface area contributed by atoms with Crippen LogP contribution in [-0.2, 0) is 6.42 Å². The number of benzene rings is 2. The molecule has 0 radical (unpaired) electrons. The molecule has 0 aromatic heterocycles. The topological polar surface area (TPSA) is 32.3 Å². The number of nitrogens with one attached hydrogen (secondary N) is 1. The van der Waals surface area contributed by atoms with Crippen LogP contribution in [0.3, 0.4) is 0 Å². The summed E-state index contributed by atoms with van der Waals surface area (Å²) in [5.74, 6) is 0.0375. The van der Waals surface area contributed by atoms with Gasteiger partial charge < -0.3 is 10.2 Å². The second-order valence-electron chi connectivity index (χ2n) is 5.86. The normalized spacial score (nSPS) is 18.3. The summed E-state index contributed by atoms with van der Waals surface area (Å²) in [5.41, 5.74) is 2.12. The quantitative estimate of drug-likeness (QED) is 0.919. The summed E-state index contributed by atoms with van der Waals surface area (Å²) in [7, 11) is 0. The highest BCUT2D eigenvalue weighted by Crippen LogP contribution is 2.11. The Labute approximate surface area is 132 Å². The lowest BCUT2D eigenvalue weighted by Crippen LogP contribution is -2.37. The van der Waals surface area contributed by atoms with Crippen molar-refractivity contribution in [3.8, 4) is 0 Å². The molecule has 1 fully saturated rings. The van der Waals surface area contributed by atoms with Crippen LogP contribution in [0.25, 0.3) is 0 Å². The van der Waals surface area contributed by atoms with Crippen molar-refractivity contribution < 1.29 is 4.79 Å². The zero-order chi connectivity index (χ0) is 15.2. The second-order valence-corrected chi connectivity index (χ2v) is 5.86. The van der Waals surface area contributed by atoms with Crippen LogP contribution in [0, 0.1) is 0 Å². The number of hydrogen-bond acceptors (Lipinski definition) is 2. The molecule has 2 aromatic rings. The van der Waals surface area contributed by atoms with Gasteiger partial charge in [0.25, 0.3) is 5.91 Å². The molecule has 1 heterocycles. The summed E-state index contributed by atoms with van der Waals surface area (Å²) in [6, 6.07) is 20.3. The van der Waals surface area contributed by atoms with Crippen LogP contribution >= 0.6 is 0 Å². The fraction of sp³-hybridized carbons (Fsp3) is 0.316. The minimum atomic E-state index is 0.0375. The molecule has 1 N–H and O–H groups in total. The highest BCUT2D eigenvalue weighted by atomic mass is 16.1. The standard InChI is InChI=1S/C19H22N2O/c22-19(17-9-5-2-6-10-17)20-18-12-14-21(15-18)13-11-16-7-3-1-4-8-16/h1-10,18H,11-15H2,(H,20,22)/t18-/m0/s1. The molecule has 114 valence electrons. The largest absolute Gasteiger partial charge is 0.348 e. The SMILES string of the molecule is O=C(N[C@H]1CCN(CCc2ccccc2)C1)c1ccccc1. The Morgan fingerprint density at radius 3 is 2.45 bits per heavy atom. The van der Waals surface area contributed by atoms with Gasteiger partial charge in [-0.05, 0) is 30.5 Å². The number of rotatable bonds is 5. The molecule has 2 aromatic carbocycles. The van der Waals surface area contributed by atoms with Gasteiger partial charge >= 0.3 is 0 Å². The number of hydrogen-bond donors (Lipinski definition) is 1. The van der Waals surface area contributed by atoms with Crippen LogP contribution in [0.5, 0.6) is 0 Å². The first-order valence-corrected chi connectivity index (χ1v) is 7.93. The molecule has 22 heavy (non-hydrogen) atoms. The maximum absolute atomic E-state index is 12.2. The van der Waals surface area contributed by atoms with E-state index in [1.165, 1.54) is 5.56 Å². The van der Waals surface area contributed by atoms with E-state index in [-0.39, 0.29) is 11.9 Å². The average Bonchev–Trinajstić information content (AvgIpc) is 3.02. The van der Waals surface area contributed by atoms with Gasteiger partial charge in [-0.25, -0.2) is 0 Å². The first-order chi connectivity index (χ1) is 10.8. The van der Waals surface area contributed by atoms with E-state index in [0.717, 1.165) is 38.0 Å². The van der Waals surface area contributed by atoms with Crippen LogP contribution < -0.4 is 5.32 Å². The minimum absolute atomic E-state index is 0.0375. The maximum atomic E-state index is 12.2. The molecule has 0 bridgehead atoms. The van der Waals surface area contributed by atoms with Crippen LogP contribution in [0.4, 0.5) is 0 Å². The average molecular weight is 294 g/mol. The lowest BCUT2D eigenvalue weighted by atomic mass is 10.1. The third kappa shape index (κ3) is 3.95. The van der Waals surface area contributed by atoms with E-state index in [0.29, 0.717) is 0 Å². The molecule has 1 aliphatic rings. The maximum Gasteiger partial charge on any atom is 0.251 e. The van der Waals surface area contributed by atoms with E-state index in [4.69, 9.17) is 0 Å². The summed E-state index contributed by atoms with van der Waals surface area (Å²) in [4.78, 5) is 14.6.